The van der Waals surface area contributed by atoms with Gasteiger partial charge in [0, 0.05) is 22.9 Å². The van der Waals surface area contributed by atoms with Crippen molar-refractivity contribution in [2.45, 2.75) is 57.0 Å². The second kappa shape index (κ2) is 8.91. The standard InChI is InChI=1S/C20H21ClF3N3O3S/c21-12-5-6-16-15(7-12)26-19(31-16)27-18(29)11-3-1-10(2-4-11)17(28)25-13-8-14(9-13)30-20(22,23)24/h5-7,10-11,13-14H,1-4,8-9H2,(H,25,28)(H,26,27,29)/t10-,11-,13-,14+. The highest BCUT2D eigenvalue weighted by atomic mass is 35.5. The van der Waals surface area contributed by atoms with Gasteiger partial charge in [-0.15, -0.1) is 13.2 Å². The molecule has 0 atom stereocenters. The van der Waals surface area contributed by atoms with E-state index in [4.69, 9.17) is 11.6 Å². The minimum atomic E-state index is -4.64. The van der Waals surface area contributed by atoms with Gasteiger partial charge in [-0.25, -0.2) is 4.98 Å². The van der Waals surface area contributed by atoms with Crippen molar-refractivity contribution in [3.05, 3.63) is 23.2 Å². The molecule has 1 heterocycles. The molecule has 0 aliphatic heterocycles. The Morgan fingerprint density at radius 1 is 1.10 bits per heavy atom. The van der Waals surface area contributed by atoms with Gasteiger partial charge >= 0.3 is 6.36 Å². The summed E-state index contributed by atoms with van der Waals surface area (Å²) in [6, 6.07) is 5.09. The first-order chi connectivity index (χ1) is 14.7. The fourth-order valence-corrected chi connectivity index (χ4v) is 5.08. The van der Waals surface area contributed by atoms with Gasteiger partial charge in [-0.3, -0.25) is 14.3 Å². The number of alkyl halides is 3. The van der Waals surface area contributed by atoms with Crippen molar-refractivity contribution in [3.8, 4) is 0 Å². The van der Waals surface area contributed by atoms with E-state index >= 15 is 0 Å². The number of thiazole rings is 1. The van der Waals surface area contributed by atoms with Gasteiger partial charge in [0.25, 0.3) is 0 Å². The smallest absolute Gasteiger partial charge is 0.353 e. The van der Waals surface area contributed by atoms with Crippen molar-refractivity contribution in [2.75, 3.05) is 5.32 Å². The van der Waals surface area contributed by atoms with Crippen LogP contribution in [0, 0.1) is 11.8 Å². The first kappa shape index (κ1) is 22.3. The Kier molecular flexibility index (Phi) is 6.41. The molecule has 11 heteroatoms. The van der Waals surface area contributed by atoms with E-state index in [-0.39, 0.29) is 42.5 Å². The summed E-state index contributed by atoms with van der Waals surface area (Å²) in [5.41, 5.74) is 0.729. The molecule has 0 saturated heterocycles. The van der Waals surface area contributed by atoms with E-state index in [1.165, 1.54) is 11.3 Å². The van der Waals surface area contributed by atoms with E-state index in [1.807, 2.05) is 6.07 Å². The highest BCUT2D eigenvalue weighted by Gasteiger charge is 2.41. The number of nitrogens with zero attached hydrogens (tertiary/aromatic N) is 1. The van der Waals surface area contributed by atoms with Gasteiger partial charge in [0.2, 0.25) is 11.8 Å². The van der Waals surface area contributed by atoms with Crippen LogP contribution in [-0.4, -0.2) is 35.3 Å². The largest absolute Gasteiger partial charge is 0.522 e. The third-order valence-electron chi connectivity index (χ3n) is 5.79. The zero-order chi connectivity index (χ0) is 22.2. The summed E-state index contributed by atoms with van der Waals surface area (Å²) in [6.07, 6.45) is -2.92. The maximum Gasteiger partial charge on any atom is 0.522 e. The van der Waals surface area contributed by atoms with Gasteiger partial charge < -0.3 is 10.6 Å². The normalized spacial score (nSPS) is 26.3. The Balaban J connectivity index is 1.21. The zero-order valence-corrected chi connectivity index (χ0v) is 17.9. The van der Waals surface area contributed by atoms with E-state index in [0.717, 1.165) is 10.2 Å². The number of hydrogen-bond acceptors (Lipinski definition) is 5. The number of nitrogens with one attached hydrogen (secondary N) is 2. The topological polar surface area (TPSA) is 80.3 Å². The van der Waals surface area contributed by atoms with E-state index in [9.17, 15) is 22.8 Å². The molecular weight excluding hydrogens is 455 g/mol. The number of hydrogen-bond donors (Lipinski definition) is 2. The summed E-state index contributed by atoms with van der Waals surface area (Å²) in [5, 5.41) is 6.75. The molecule has 2 aromatic rings. The predicted molar refractivity (Wildman–Crippen MR) is 111 cm³/mol. The Morgan fingerprint density at radius 2 is 1.74 bits per heavy atom. The number of amides is 2. The van der Waals surface area contributed by atoms with E-state index in [1.54, 1.807) is 12.1 Å². The monoisotopic (exact) mass is 475 g/mol. The summed E-state index contributed by atoms with van der Waals surface area (Å²) in [6.45, 7) is 0. The molecule has 6 nitrogen and oxygen atoms in total. The number of fused-ring (bicyclic) bond motifs is 1. The molecule has 0 spiro atoms. The Labute approximate surface area is 185 Å². The molecule has 4 rings (SSSR count). The van der Waals surface area contributed by atoms with Gasteiger partial charge in [-0.1, -0.05) is 22.9 Å². The first-order valence-corrected chi connectivity index (χ1v) is 11.3. The number of ether oxygens (including phenoxy) is 1. The fourth-order valence-electron chi connectivity index (χ4n) is 4.07. The fraction of sp³-hybridized carbons (Fsp3) is 0.550. The van der Waals surface area contributed by atoms with Crippen LogP contribution < -0.4 is 10.6 Å². The van der Waals surface area contributed by atoms with Crippen LogP contribution in [0.25, 0.3) is 10.2 Å². The molecule has 0 bridgehead atoms. The molecule has 2 N–H and O–H groups in total. The minimum Gasteiger partial charge on any atom is -0.353 e. The van der Waals surface area contributed by atoms with Crippen molar-refractivity contribution in [3.63, 3.8) is 0 Å². The summed E-state index contributed by atoms with van der Waals surface area (Å²) in [4.78, 5) is 29.4. The second-order valence-electron chi connectivity index (χ2n) is 8.03. The van der Waals surface area contributed by atoms with Crippen LogP contribution in [0.2, 0.25) is 5.02 Å². The van der Waals surface area contributed by atoms with Crippen molar-refractivity contribution >= 4 is 50.1 Å². The van der Waals surface area contributed by atoms with Crippen LogP contribution >= 0.6 is 22.9 Å². The maximum absolute atomic E-state index is 12.6. The zero-order valence-electron chi connectivity index (χ0n) is 16.4. The minimum absolute atomic E-state index is 0.116. The van der Waals surface area contributed by atoms with E-state index in [0.29, 0.717) is 35.8 Å². The highest BCUT2D eigenvalue weighted by Crippen LogP contribution is 2.34. The average Bonchev–Trinajstić information content (AvgIpc) is 3.06. The molecule has 1 aromatic carbocycles. The molecule has 2 aliphatic carbocycles. The molecule has 2 saturated carbocycles. The van der Waals surface area contributed by atoms with Crippen molar-refractivity contribution in [2.24, 2.45) is 11.8 Å². The molecule has 1 aromatic heterocycles. The number of anilines is 1. The Bertz CT molecular complexity index is 969. The molecule has 0 unspecified atom stereocenters. The van der Waals surface area contributed by atoms with Gasteiger partial charge in [0.15, 0.2) is 5.13 Å². The number of halogens is 4. The van der Waals surface area contributed by atoms with E-state index < -0.39 is 12.5 Å². The van der Waals surface area contributed by atoms with Gasteiger partial charge in [-0.2, -0.15) is 0 Å². The second-order valence-corrected chi connectivity index (χ2v) is 9.50. The number of carbonyl (C=O) groups excluding carboxylic acids is 2. The van der Waals surface area contributed by atoms with Crippen LogP contribution in [-0.2, 0) is 14.3 Å². The molecule has 2 fully saturated rings. The SMILES string of the molecule is O=C(Nc1nc2cc(Cl)ccc2s1)[C@H]1CC[C@H](C(=O)N[C@H]2C[C@@H](OC(F)(F)F)C2)CC1. The average molecular weight is 476 g/mol. The summed E-state index contributed by atoms with van der Waals surface area (Å²) >= 11 is 7.34. The van der Waals surface area contributed by atoms with Gasteiger partial charge in [0.05, 0.1) is 16.3 Å². The summed E-state index contributed by atoms with van der Waals surface area (Å²) in [7, 11) is 0. The molecule has 2 amide bonds. The summed E-state index contributed by atoms with van der Waals surface area (Å²) in [5.74, 6) is -0.698. The third-order valence-corrected chi connectivity index (χ3v) is 6.98. The molecule has 168 valence electrons. The number of benzene rings is 1. The van der Waals surface area contributed by atoms with Crippen LogP contribution in [0.5, 0.6) is 0 Å². The number of aromatic nitrogens is 1. The van der Waals surface area contributed by atoms with E-state index in [2.05, 4.69) is 20.4 Å². The first-order valence-electron chi connectivity index (χ1n) is 10.1. The highest BCUT2D eigenvalue weighted by molar-refractivity contribution is 7.22. The quantitative estimate of drug-likeness (QED) is 0.646. The molecule has 2 aliphatic rings. The third kappa shape index (κ3) is 5.67. The van der Waals surface area contributed by atoms with Crippen LogP contribution in [0.3, 0.4) is 0 Å². The molecule has 0 radical (unpaired) electrons. The number of rotatable bonds is 5. The van der Waals surface area contributed by atoms with Crippen LogP contribution in [0.1, 0.15) is 38.5 Å². The van der Waals surface area contributed by atoms with Gasteiger partial charge in [0.1, 0.15) is 0 Å². The van der Waals surface area contributed by atoms with Gasteiger partial charge in [-0.05, 0) is 56.7 Å². The lowest BCUT2D eigenvalue weighted by atomic mass is 9.80. The lowest BCUT2D eigenvalue weighted by Gasteiger charge is -2.37. The number of carbonyl (C=O) groups is 2. The predicted octanol–water partition coefficient (Wildman–Crippen LogP) is 4.88. The summed E-state index contributed by atoms with van der Waals surface area (Å²) < 4.78 is 41.4. The lowest BCUT2D eigenvalue weighted by Crippen LogP contribution is -2.51. The molecule has 31 heavy (non-hydrogen) atoms. The van der Waals surface area contributed by atoms with Crippen molar-refractivity contribution in [1.82, 2.24) is 10.3 Å². The maximum atomic E-state index is 12.6. The lowest BCUT2D eigenvalue weighted by molar-refractivity contribution is -0.351. The van der Waals surface area contributed by atoms with Crippen molar-refractivity contribution in [1.29, 1.82) is 0 Å². The Hall–Kier alpha value is -1.91. The van der Waals surface area contributed by atoms with Crippen LogP contribution in [0.4, 0.5) is 18.3 Å². The Morgan fingerprint density at radius 3 is 2.39 bits per heavy atom. The van der Waals surface area contributed by atoms with Crippen molar-refractivity contribution < 1.29 is 27.5 Å². The molecular formula is C20H21ClF3N3O3S. The van der Waals surface area contributed by atoms with Crippen LogP contribution in [0.15, 0.2) is 18.2 Å².